The molecule has 2 aromatic rings. The fraction of sp³-hybridized carbons (Fsp3) is 0.231. The van der Waals surface area contributed by atoms with E-state index in [0.717, 1.165) is 17.7 Å². The van der Waals surface area contributed by atoms with Crippen LogP contribution in [0.3, 0.4) is 0 Å². The van der Waals surface area contributed by atoms with Crippen LogP contribution >= 0.6 is 11.3 Å². The predicted molar refractivity (Wildman–Crippen MR) is 64.1 cm³/mol. The fourth-order valence-electron chi connectivity index (χ4n) is 1.95. The molecule has 0 fully saturated rings. The van der Waals surface area contributed by atoms with Crippen LogP contribution < -0.4 is 0 Å². The van der Waals surface area contributed by atoms with Crippen LogP contribution in [0.2, 0.25) is 0 Å². The van der Waals surface area contributed by atoms with Gasteiger partial charge >= 0.3 is 0 Å². The number of thiophene rings is 1. The molecule has 0 aliphatic rings. The minimum atomic E-state index is -1.65. The zero-order valence-corrected chi connectivity index (χ0v) is 10.3. The molecular formula is C13H12F2OS. The summed E-state index contributed by atoms with van der Waals surface area (Å²) in [6, 6.07) is 5.39. The van der Waals surface area contributed by atoms with Crippen molar-refractivity contribution in [3.63, 3.8) is 0 Å². The summed E-state index contributed by atoms with van der Waals surface area (Å²) in [5.74, 6) is -1.47. The Balaban J connectivity index is 2.64. The topological polar surface area (TPSA) is 20.2 Å². The smallest absolute Gasteiger partial charge is 0.132 e. The first-order valence-electron chi connectivity index (χ1n) is 5.16. The zero-order valence-electron chi connectivity index (χ0n) is 9.50. The first-order chi connectivity index (χ1) is 7.94. The highest BCUT2D eigenvalue weighted by Gasteiger charge is 2.34. The van der Waals surface area contributed by atoms with E-state index in [0.29, 0.717) is 4.88 Å². The average molecular weight is 254 g/mol. The number of aryl methyl sites for hydroxylation is 1. The van der Waals surface area contributed by atoms with Crippen LogP contribution in [0.5, 0.6) is 0 Å². The molecule has 1 heterocycles. The van der Waals surface area contributed by atoms with Gasteiger partial charge in [-0.1, -0.05) is 6.07 Å². The van der Waals surface area contributed by atoms with Gasteiger partial charge in [-0.05, 0) is 43.0 Å². The van der Waals surface area contributed by atoms with Gasteiger partial charge in [0.25, 0.3) is 0 Å². The Morgan fingerprint density at radius 1 is 1.18 bits per heavy atom. The van der Waals surface area contributed by atoms with Gasteiger partial charge in [-0.15, -0.1) is 11.3 Å². The lowest BCUT2D eigenvalue weighted by atomic mass is 9.91. The largest absolute Gasteiger partial charge is 0.380 e. The van der Waals surface area contributed by atoms with Crippen molar-refractivity contribution in [2.45, 2.75) is 19.4 Å². The molecule has 90 valence electrons. The third kappa shape index (κ3) is 1.98. The van der Waals surface area contributed by atoms with Crippen LogP contribution in [0.15, 0.2) is 29.6 Å². The van der Waals surface area contributed by atoms with Crippen molar-refractivity contribution in [3.05, 3.63) is 57.3 Å². The fourth-order valence-corrected chi connectivity index (χ4v) is 2.94. The summed E-state index contributed by atoms with van der Waals surface area (Å²) in [5.41, 5.74) is -1.12. The van der Waals surface area contributed by atoms with Gasteiger partial charge in [-0.3, -0.25) is 0 Å². The van der Waals surface area contributed by atoms with Crippen LogP contribution in [-0.4, -0.2) is 5.11 Å². The molecule has 1 unspecified atom stereocenters. The summed E-state index contributed by atoms with van der Waals surface area (Å²) in [6.45, 7) is 3.21. The minimum absolute atomic E-state index is 0.300. The van der Waals surface area contributed by atoms with Crippen LogP contribution in [0.25, 0.3) is 0 Å². The molecule has 0 bridgehead atoms. The highest BCUT2D eigenvalue weighted by Crippen LogP contribution is 2.37. The molecule has 0 amide bonds. The maximum Gasteiger partial charge on any atom is 0.132 e. The molecular weight excluding hydrogens is 242 g/mol. The summed E-state index contributed by atoms with van der Waals surface area (Å²) >= 11 is 1.29. The summed E-state index contributed by atoms with van der Waals surface area (Å²) < 4.78 is 27.3. The van der Waals surface area contributed by atoms with Gasteiger partial charge in [0, 0.05) is 4.88 Å². The van der Waals surface area contributed by atoms with Crippen molar-refractivity contribution in [1.29, 1.82) is 0 Å². The van der Waals surface area contributed by atoms with E-state index >= 15 is 0 Å². The van der Waals surface area contributed by atoms with Crippen molar-refractivity contribution in [1.82, 2.24) is 0 Å². The molecule has 0 saturated carbocycles. The SMILES string of the molecule is Cc1ccsc1C(C)(O)c1c(F)cccc1F. The average Bonchev–Trinajstić information content (AvgIpc) is 2.64. The van der Waals surface area contributed by atoms with E-state index in [1.54, 1.807) is 12.3 Å². The van der Waals surface area contributed by atoms with Crippen LogP contribution in [0, 0.1) is 18.6 Å². The van der Waals surface area contributed by atoms with E-state index in [1.165, 1.54) is 24.3 Å². The molecule has 1 N–H and O–H groups in total. The van der Waals surface area contributed by atoms with Gasteiger partial charge in [0.2, 0.25) is 0 Å². The lowest BCUT2D eigenvalue weighted by molar-refractivity contribution is 0.0967. The maximum absolute atomic E-state index is 13.7. The molecule has 1 nitrogen and oxygen atoms in total. The summed E-state index contributed by atoms with van der Waals surface area (Å²) in [6.07, 6.45) is 0. The van der Waals surface area contributed by atoms with Crippen molar-refractivity contribution in [2.75, 3.05) is 0 Å². The van der Waals surface area contributed by atoms with E-state index in [1.807, 2.05) is 6.07 Å². The minimum Gasteiger partial charge on any atom is -0.380 e. The Morgan fingerprint density at radius 2 is 1.76 bits per heavy atom. The number of aliphatic hydroxyl groups is 1. The standard InChI is InChI=1S/C13H12F2OS/c1-8-6-7-17-12(8)13(2,16)11-9(14)4-3-5-10(11)15/h3-7,16H,1-2H3. The van der Waals surface area contributed by atoms with E-state index in [-0.39, 0.29) is 5.56 Å². The molecule has 0 saturated heterocycles. The molecule has 0 radical (unpaired) electrons. The van der Waals surface area contributed by atoms with Crippen LogP contribution in [0.1, 0.15) is 22.9 Å². The highest BCUT2D eigenvalue weighted by molar-refractivity contribution is 7.10. The van der Waals surface area contributed by atoms with Gasteiger partial charge < -0.3 is 5.11 Å². The van der Waals surface area contributed by atoms with Gasteiger partial charge in [-0.25, -0.2) is 8.78 Å². The van der Waals surface area contributed by atoms with Crippen LogP contribution in [0.4, 0.5) is 8.78 Å². The van der Waals surface area contributed by atoms with Crippen molar-refractivity contribution < 1.29 is 13.9 Å². The number of hydrogen-bond acceptors (Lipinski definition) is 2. The second kappa shape index (κ2) is 4.20. The van der Waals surface area contributed by atoms with Gasteiger partial charge in [-0.2, -0.15) is 0 Å². The molecule has 2 rings (SSSR count). The second-order valence-corrected chi connectivity index (χ2v) is 5.02. The van der Waals surface area contributed by atoms with Crippen molar-refractivity contribution in [3.8, 4) is 0 Å². The Kier molecular flexibility index (Phi) is 3.02. The summed E-state index contributed by atoms with van der Waals surface area (Å²) in [7, 11) is 0. The Bertz CT molecular complexity index is 526. The molecule has 17 heavy (non-hydrogen) atoms. The number of halogens is 2. The lowest BCUT2D eigenvalue weighted by Crippen LogP contribution is -2.25. The highest BCUT2D eigenvalue weighted by atomic mass is 32.1. The van der Waals surface area contributed by atoms with Crippen molar-refractivity contribution >= 4 is 11.3 Å². The molecule has 1 aromatic carbocycles. The molecule has 0 spiro atoms. The quantitative estimate of drug-likeness (QED) is 0.868. The first-order valence-corrected chi connectivity index (χ1v) is 6.04. The van der Waals surface area contributed by atoms with Gasteiger partial charge in [0.15, 0.2) is 0 Å². The Morgan fingerprint density at radius 3 is 2.24 bits per heavy atom. The molecule has 0 aliphatic carbocycles. The number of hydrogen-bond donors (Lipinski definition) is 1. The van der Waals surface area contributed by atoms with E-state index in [9.17, 15) is 13.9 Å². The Hall–Kier alpha value is -1.26. The summed E-state index contributed by atoms with van der Waals surface area (Å²) in [4.78, 5) is 0.557. The van der Waals surface area contributed by atoms with Crippen LogP contribution in [-0.2, 0) is 5.60 Å². The number of rotatable bonds is 2. The van der Waals surface area contributed by atoms with Gasteiger partial charge in [0.05, 0.1) is 5.56 Å². The predicted octanol–water partition coefficient (Wildman–Crippen LogP) is 3.59. The van der Waals surface area contributed by atoms with E-state index in [2.05, 4.69) is 0 Å². The molecule has 0 aliphatic heterocycles. The molecule has 1 atom stereocenters. The van der Waals surface area contributed by atoms with Gasteiger partial charge in [0.1, 0.15) is 17.2 Å². The summed E-state index contributed by atoms with van der Waals surface area (Å²) in [5, 5.41) is 12.2. The Labute approximate surface area is 102 Å². The monoisotopic (exact) mass is 254 g/mol. The van der Waals surface area contributed by atoms with E-state index < -0.39 is 17.2 Å². The normalized spacial score (nSPS) is 14.6. The molecule has 4 heteroatoms. The zero-order chi connectivity index (χ0) is 12.6. The second-order valence-electron chi connectivity index (χ2n) is 4.10. The first kappa shape index (κ1) is 12.2. The maximum atomic E-state index is 13.7. The molecule has 1 aromatic heterocycles. The third-order valence-corrected chi connectivity index (χ3v) is 3.98. The lowest BCUT2D eigenvalue weighted by Gasteiger charge is -2.24. The number of benzene rings is 1. The van der Waals surface area contributed by atoms with Crippen molar-refractivity contribution in [2.24, 2.45) is 0 Å². The third-order valence-electron chi connectivity index (χ3n) is 2.75. The van der Waals surface area contributed by atoms with E-state index in [4.69, 9.17) is 0 Å².